The minimum atomic E-state index is 0.0194. The van der Waals surface area contributed by atoms with E-state index in [0.29, 0.717) is 17.2 Å². The fraction of sp³-hybridized carbons (Fsp3) is 0.375. The van der Waals surface area contributed by atoms with Gasteiger partial charge in [-0.25, -0.2) is 5.84 Å². The van der Waals surface area contributed by atoms with Crippen molar-refractivity contribution in [2.45, 2.75) is 20.4 Å². The maximum Gasteiger partial charge on any atom is 0.307 e. The summed E-state index contributed by atoms with van der Waals surface area (Å²) in [4.78, 5) is 12.7. The van der Waals surface area contributed by atoms with Crippen LogP contribution < -0.4 is 16.1 Å². The topological polar surface area (TPSA) is 85.8 Å². The molecule has 86 valence electrons. The number of nitrogens with two attached hydrogens (primary N) is 1. The van der Waals surface area contributed by atoms with E-state index in [0.717, 1.165) is 10.6 Å². The van der Waals surface area contributed by atoms with Crippen LogP contribution in [0, 0.1) is 13.8 Å². The number of rotatable bonds is 3. The third-order valence-electron chi connectivity index (χ3n) is 2.37. The van der Waals surface area contributed by atoms with Crippen molar-refractivity contribution in [2.24, 2.45) is 5.84 Å². The molecule has 2 aromatic rings. The molecule has 0 amide bonds. The molecule has 8 heteroatoms. The number of nitrogen functional groups attached to an aromatic ring is 1. The third-order valence-corrected chi connectivity index (χ3v) is 4.07. The number of aromatic nitrogens is 3. The zero-order chi connectivity index (χ0) is 11.7. The van der Waals surface area contributed by atoms with Crippen LogP contribution in [0.5, 0.6) is 0 Å². The highest BCUT2D eigenvalue weighted by Crippen LogP contribution is 2.18. The average Bonchev–Trinajstić information content (AvgIpc) is 2.79. The number of hydrogen-bond donors (Lipinski definition) is 2. The first-order valence-corrected chi connectivity index (χ1v) is 6.17. The van der Waals surface area contributed by atoms with Gasteiger partial charge in [0.2, 0.25) is 0 Å². The lowest BCUT2D eigenvalue weighted by Crippen LogP contribution is -2.17. The summed E-state index contributed by atoms with van der Waals surface area (Å²) in [5.41, 5.74) is 4.18. The Bertz CT molecular complexity index is 555. The van der Waals surface area contributed by atoms with Crippen LogP contribution in [-0.2, 0) is 6.54 Å². The summed E-state index contributed by atoms with van der Waals surface area (Å²) < 4.78 is 5.47. The number of aryl methyl sites for hydroxylation is 1. The van der Waals surface area contributed by atoms with Crippen molar-refractivity contribution in [2.75, 3.05) is 5.43 Å². The molecule has 0 atom stereocenters. The Balaban J connectivity index is 2.37. The molecule has 2 rings (SSSR count). The lowest BCUT2D eigenvalue weighted by Gasteiger charge is -2.03. The third kappa shape index (κ3) is 1.86. The molecule has 3 N–H and O–H groups in total. The molecule has 0 saturated carbocycles. The summed E-state index contributed by atoms with van der Waals surface area (Å²) in [5, 5.41) is 4.63. The van der Waals surface area contributed by atoms with Gasteiger partial charge in [0.1, 0.15) is 10.7 Å². The molecule has 0 bridgehead atoms. The van der Waals surface area contributed by atoms with Crippen LogP contribution in [0.15, 0.2) is 4.79 Å². The first kappa shape index (κ1) is 11.2. The van der Waals surface area contributed by atoms with Crippen LogP contribution in [0.4, 0.5) is 5.00 Å². The SMILES string of the molecule is Cc1sc(=O)n(Cc2nnsc2NN)c1C. The quantitative estimate of drug-likeness (QED) is 0.625. The minimum absolute atomic E-state index is 0.0194. The van der Waals surface area contributed by atoms with Crippen molar-refractivity contribution in [3.8, 4) is 0 Å². The molecule has 0 fully saturated rings. The van der Waals surface area contributed by atoms with Crippen molar-refractivity contribution in [1.82, 2.24) is 14.2 Å². The van der Waals surface area contributed by atoms with Gasteiger partial charge in [-0.15, -0.1) is 5.10 Å². The van der Waals surface area contributed by atoms with Crippen molar-refractivity contribution < 1.29 is 0 Å². The number of hydrogen-bond acceptors (Lipinski definition) is 7. The molecule has 0 aliphatic carbocycles. The van der Waals surface area contributed by atoms with E-state index < -0.39 is 0 Å². The second kappa shape index (κ2) is 4.32. The van der Waals surface area contributed by atoms with Crippen molar-refractivity contribution in [3.05, 3.63) is 25.9 Å². The predicted molar refractivity (Wildman–Crippen MR) is 64.9 cm³/mol. The van der Waals surface area contributed by atoms with E-state index in [-0.39, 0.29) is 4.87 Å². The molecule has 2 aromatic heterocycles. The van der Waals surface area contributed by atoms with Gasteiger partial charge in [-0.3, -0.25) is 9.36 Å². The van der Waals surface area contributed by atoms with Gasteiger partial charge in [-0.2, -0.15) is 0 Å². The molecule has 6 nitrogen and oxygen atoms in total. The van der Waals surface area contributed by atoms with E-state index in [1.54, 1.807) is 4.57 Å². The first-order valence-electron chi connectivity index (χ1n) is 4.58. The minimum Gasteiger partial charge on any atom is -0.313 e. The number of nitrogens with zero attached hydrogens (tertiary/aromatic N) is 3. The fourth-order valence-corrected chi connectivity index (χ4v) is 2.66. The van der Waals surface area contributed by atoms with E-state index in [9.17, 15) is 4.79 Å². The summed E-state index contributed by atoms with van der Waals surface area (Å²) in [6, 6.07) is 0. The summed E-state index contributed by atoms with van der Waals surface area (Å²) in [6.07, 6.45) is 0. The van der Waals surface area contributed by atoms with Crippen LogP contribution >= 0.6 is 22.9 Å². The van der Waals surface area contributed by atoms with Crippen LogP contribution in [0.3, 0.4) is 0 Å². The molecule has 16 heavy (non-hydrogen) atoms. The Morgan fingerprint density at radius 2 is 2.25 bits per heavy atom. The van der Waals surface area contributed by atoms with Gasteiger partial charge in [-0.05, 0) is 13.8 Å². The molecule has 0 spiro atoms. The summed E-state index contributed by atoms with van der Waals surface area (Å²) >= 11 is 2.42. The highest BCUT2D eigenvalue weighted by Gasteiger charge is 2.12. The summed E-state index contributed by atoms with van der Waals surface area (Å²) in [7, 11) is 0. The molecule has 0 radical (unpaired) electrons. The number of nitrogens with one attached hydrogen (secondary N) is 1. The Labute approximate surface area is 99.9 Å². The summed E-state index contributed by atoms with van der Waals surface area (Å²) in [5.74, 6) is 5.33. The van der Waals surface area contributed by atoms with Crippen molar-refractivity contribution >= 4 is 27.9 Å². The number of hydrazine groups is 1. The Morgan fingerprint density at radius 1 is 1.50 bits per heavy atom. The average molecular weight is 257 g/mol. The summed E-state index contributed by atoms with van der Waals surface area (Å²) in [6.45, 7) is 4.26. The van der Waals surface area contributed by atoms with Crippen molar-refractivity contribution in [3.63, 3.8) is 0 Å². The molecule has 0 aromatic carbocycles. The van der Waals surface area contributed by atoms with E-state index >= 15 is 0 Å². The standard InChI is InChI=1S/C8H11N5OS2/c1-4-5(2)15-8(14)13(4)3-6-7(10-9)16-12-11-6/h10H,3,9H2,1-2H3. The predicted octanol–water partition coefficient (Wildman–Crippen LogP) is 0.712. The second-order valence-electron chi connectivity index (χ2n) is 3.29. The van der Waals surface area contributed by atoms with E-state index in [4.69, 9.17) is 5.84 Å². The van der Waals surface area contributed by atoms with Crippen LogP contribution in [0.25, 0.3) is 0 Å². The van der Waals surface area contributed by atoms with E-state index in [1.807, 2.05) is 13.8 Å². The van der Waals surface area contributed by atoms with Gasteiger partial charge < -0.3 is 5.43 Å². The zero-order valence-electron chi connectivity index (χ0n) is 8.85. The number of anilines is 1. The maximum atomic E-state index is 11.7. The highest BCUT2D eigenvalue weighted by molar-refractivity contribution is 7.10. The second-order valence-corrected chi connectivity index (χ2v) is 5.21. The molecule has 2 heterocycles. The lowest BCUT2D eigenvalue weighted by atomic mass is 10.4. The molecule has 0 aliphatic rings. The lowest BCUT2D eigenvalue weighted by molar-refractivity contribution is 0.729. The smallest absolute Gasteiger partial charge is 0.307 e. The molecule has 0 unspecified atom stereocenters. The Kier molecular flexibility index (Phi) is 3.03. The van der Waals surface area contributed by atoms with Gasteiger partial charge in [-0.1, -0.05) is 15.8 Å². The van der Waals surface area contributed by atoms with Crippen LogP contribution in [0.1, 0.15) is 16.3 Å². The first-order chi connectivity index (χ1) is 7.63. The van der Waals surface area contributed by atoms with Gasteiger partial charge in [0.15, 0.2) is 0 Å². The zero-order valence-corrected chi connectivity index (χ0v) is 10.5. The largest absolute Gasteiger partial charge is 0.313 e. The number of thiazole rings is 1. The normalized spacial score (nSPS) is 10.7. The van der Waals surface area contributed by atoms with Crippen molar-refractivity contribution in [1.29, 1.82) is 0 Å². The van der Waals surface area contributed by atoms with Crippen LogP contribution in [0.2, 0.25) is 0 Å². The molecule has 0 aliphatic heterocycles. The van der Waals surface area contributed by atoms with E-state index in [2.05, 4.69) is 15.0 Å². The van der Waals surface area contributed by atoms with Gasteiger partial charge in [0.25, 0.3) is 0 Å². The van der Waals surface area contributed by atoms with E-state index in [1.165, 1.54) is 22.9 Å². The maximum absolute atomic E-state index is 11.7. The van der Waals surface area contributed by atoms with Crippen LogP contribution in [-0.4, -0.2) is 14.2 Å². The van der Waals surface area contributed by atoms with Gasteiger partial charge in [0, 0.05) is 22.1 Å². The van der Waals surface area contributed by atoms with Gasteiger partial charge >= 0.3 is 4.87 Å². The Hall–Kier alpha value is -1.25. The highest BCUT2D eigenvalue weighted by atomic mass is 32.1. The fourth-order valence-electron chi connectivity index (χ4n) is 1.34. The molecular formula is C8H11N5OS2. The van der Waals surface area contributed by atoms with Gasteiger partial charge in [0.05, 0.1) is 6.54 Å². The molecular weight excluding hydrogens is 246 g/mol. The Morgan fingerprint density at radius 3 is 2.81 bits per heavy atom. The monoisotopic (exact) mass is 257 g/mol. The molecule has 0 saturated heterocycles.